The quantitative estimate of drug-likeness (QED) is 0.664. The van der Waals surface area contributed by atoms with E-state index >= 15 is 0 Å². The Balaban J connectivity index is 2.69. The number of amides is 1. The summed E-state index contributed by atoms with van der Waals surface area (Å²) in [5, 5.41) is 11.5. The summed E-state index contributed by atoms with van der Waals surface area (Å²) in [7, 11) is 1.48. The largest absolute Gasteiger partial charge is 0.480 e. The standard InChI is InChI=1S/C10H17NO3/c1-10(9(13)14,8(12)11-2)6-7-4-3-5-7/h7H,3-6H2,1-2H3,(H,11,12)(H,13,14). The molecule has 1 aliphatic rings. The number of nitrogens with one attached hydrogen (secondary N) is 1. The van der Waals surface area contributed by atoms with Gasteiger partial charge in [0.1, 0.15) is 5.41 Å². The van der Waals surface area contributed by atoms with Gasteiger partial charge in [-0.2, -0.15) is 0 Å². The van der Waals surface area contributed by atoms with Crippen molar-refractivity contribution in [1.82, 2.24) is 5.32 Å². The highest BCUT2D eigenvalue weighted by Crippen LogP contribution is 2.37. The fourth-order valence-corrected chi connectivity index (χ4v) is 1.83. The highest BCUT2D eigenvalue weighted by Gasteiger charge is 2.43. The molecule has 0 heterocycles. The second-order valence-electron chi connectivity index (χ2n) is 4.22. The normalized spacial score (nSPS) is 20.7. The zero-order chi connectivity index (χ0) is 10.8. The van der Waals surface area contributed by atoms with Crippen LogP contribution in [-0.4, -0.2) is 24.0 Å². The van der Waals surface area contributed by atoms with Crippen LogP contribution in [0.5, 0.6) is 0 Å². The van der Waals surface area contributed by atoms with E-state index in [4.69, 9.17) is 5.11 Å². The second-order valence-corrected chi connectivity index (χ2v) is 4.22. The molecule has 0 bridgehead atoms. The first kappa shape index (κ1) is 11.0. The van der Waals surface area contributed by atoms with Crippen LogP contribution in [-0.2, 0) is 9.59 Å². The Kier molecular flexibility index (Phi) is 3.13. The van der Waals surface area contributed by atoms with Gasteiger partial charge in [0, 0.05) is 7.05 Å². The van der Waals surface area contributed by atoms with Crippen molar-refractivity contribution in [2.24, 2.45) is 11.3 Å². The Morgan fingerprint density at radius 2 is 2.07 bits per heavy atom. The molecule has 1 aliphatic carbocycles. The molecule has 1 rings (SSSR count). The predicted molar refractivity (Wildman–Crippen MR) is 51.8 cm³/mol. The van der Waals surface area contributed by atoms with E-state index in [1.165, 1.54) is 14.0 Å². The van der Waals surface area contributed by atoms with E-state index < -0.39 is 17.3 Å². The Bertz CT molecular complexity index is 248. The lowest BCUT2D eigenvalue weighted by molar-refractivity contribution is -0.156. The van der Waals surface area contributed by atoms with Crippen LogP contribution in [0.4, 0.5) is 0 Å². The lowest BCUT2D eigenvalue weighted by Gasteiger charge is -2.32. The van der Waals surface area contributed by atoms with Gasteiger partial charge in [0.25, 0.3) is 0 Å². The summed E-state index contributed by atoms with van der Waals surface area (Å²) >= 11 is 0. The molecule has 14 heavy (non-hydrogen) atoms. The summed E-state index contributed by atoms with van der Waals surface area (Å²) in [5.74, 6) is -1.01. The zero-order valence-corrected chi connectivity index (χ0v) is 8.67. The summed E-state index contributed by atoms with van der Waals surface area (Å²) in [5.41, 5.74) is -1.25. The van der Waals surface area contributed by atoms with E-state index in [0.717, 1.165) is 19.3 Å². The molecule has 0 aromatic carbocycles. The molecule has 1 amide bonds. The van der Waals surface area contributed by atoms with Crippen LogP contribution in [0.25, 0.3) is 0 Å². The van der Waals surface area contributed by atoms with Gasteiger partial charge in [-0.15, -0.1) is 0 Å². The van der Waals surface area contributed by atoms with Crippen LogP contribution in [0, 0.1) is 11.3 Å². The molecular weight excluding hydrogens is 182 g/mol. The molecule has 1 saturated carbocycles. The summed E-state index contributed by atoms with van der Waals surface area (Å²) in [6, 6.07) is 0. The van der Waals surface area contributed by atoms with Gasteiger partial charge >= 0.3 is 5.97 Å². The van der Waals surface area contributed by atoms with Crippen molar-refractivity contribution in [3.63, 3.8) is 0 Å². The van der Waals surface area contributed by atoms with Crippen molar-refractivity contribution in [3.8, 4) is 0 Å². The van der Waals surface area contributed by atoms with Crippen LogP contribution in [0.1, 0.15) is 32.6 Å². The monoisotopic (exact) mass is 199 g/mol. The third-order valence-corrected chi connectivity index (χ3v) is 3.12. The van der Waals surface area contributed by atoms with Crippen molar-refractivity contribution < 1.29 is 14.7 Å². The van der Waals surface area contributed by atoms with Gasteiger partial charge in [0.15, 0.2) is 0 Å². The molecule has 4 heteroatoms. The van der Waals surface area contributed by atoms with Crippen molar-refractivity contribution in [2.75, 3.05) is 7.05 Å². The summed E-state index contributed by atoms with van der Waals surface area (Å²) < 4.78 is 0. The Labute approximate surface area is 83.7 Å². The minimum Gasteiger partial charge on any atom is -0.480 e. The number of carbonyl (C=O) groups excluding carboxylic acids is 1. The molecule has 0 aromatic rings. The SMILES string of the molecule is CNC(=O)C(C)(CC1CCC1)C(=O)O. The molecular formula is C10H17NO3. The summed E-state index contributed by atoms with van der Waals surface area (Å²) in [6.45, 7) is 1.51. The fraction of sp³-hybridized carbons (Fsp3) is 0.800. The van der Waals surface area contributed by atoms with Crippen molar-refractivity contribution >= 4 is 11.9 Å². The first-order chi connectivity index (χ1) is 6.50. The van der Waals surface area contributed by atoms with E-state index in [1.54, 1.807) is 0 Å². The maximum absolute atomic E-state index is 11.5. The van der Waals surface area contributed by atoms with E-state index in [-0.39, 0.29) is 0 Å². The molecule has 1 unspecified atom stereocenters. The van der Waals surface area contributed by atoms with Gasteiger partial charge < -0.3 is 10.4 Å². The number of rotatable bonds is 4. The predicted octanol–water partition coefficient (Wildman–Crippen LogP) is 1.01. The molecule has 1 fully saturated rings. The van der Waals surface area contributed by atoms with Gasteiger partial charge in [0.2, 0.25) is 5.91 Å². The minimum atomic E-state index is -1.25. The average molecular weight is 199 g/mol. The summed E-state index contributed by atoms with van der Waals surface area (Å²) in [4.78, 5) is 22.5. The maximum Gasteiger partial charge on any atom is 0.318 e. The van der Waals surface area contributed by atoms with Gasteiger partial charge in [-0.1, -0.05) is 19.3 Å². The van der Waals surface area contributed by atoms with Crippen LogP contribution in [0.3, 0.4) is 0 Å². The van der Waals surface area contributed by atoms with E-state index in [2.05, 4.69) is 5.32 Å². The number of carbonyl (C=O) groups is 2. The Hall–Kier alpha value is -1.06. The second kappa shape index (κ2) is 3.98. The van der Waals surface area contributed by atoms with Crippen molar-refractivity contribution in [3.05, 3.63) is 0 Å². The molecule has 0 radical (unpaired) electrons. The molecule has 0 saturated heterocycles. The third kappa shape index (κ3) is 1.89. The fourth-order valence-electron chi connectivity index (χ4n) is 1.83. The van der Waals surface area contributed by atoms with Crippen LogP contribution >= 0.6 is 0 Å². The van der Waals surface area contributed by atoms with E-state index in [0.29, 0.717) is 12.3 Å². The third-order valence-electron chi connectivity index (χ3n) is 3.12. The van der Waals surface area contributed by atoms with Gasteiger partial charge in [-0.05, 0) is 19.3 Å². The maximum atomic E-state index is 11.5. The topological polar surface area (TPSA) is 66.4 Å². The van der Waals surface area contributed by atoms with Crippen molar-refractivity contribution in [1.29, 1.82) is 0 Å². The lowest BCUT2D eigenvalue weighted by atomic mass is 9.72. The first-order valence-electron chi connectivity index (χ1n) is 4.96. The average Bonchev–Trinajstić information content (AvgIpc) is 2.09. The van der Waals surface area contributed by atoms with Crippen LogP contribution < -0.4 is 5.32 Å². The van der Waals surface area contributed by atoms with Gasteiger partial charge in [-0.25, -0.2) is 0 Å². The van der Waals surface area contributed by atoms with E-state index in [1.807, 2.05) is 0 Å². The number of carboxylic acid groups (broad SMARTS) is 1. The molecule has 4 nitrogen and oxygen atoms in total. The zero-order valence-electron chi connectivity index (χ0n) is 8.67. The Morgan fingerprint density at radius 1 is 1.50 bits per heavy atom. The van der Waals surface area contributed by atoms with E-state index in [9.17, 15) is 9.59 Å². The smallest absolute Gasteiger partial charge is 0.318 e. The highest BCUT2D eigenvalue weighted by atomic mass is 16.4. The molecule has 0 spiro atoms. The molecule has 0 aromatic heterocycles. The molecule has 0 aliphatic heterocycles. The minimum absolute atomic E-state index is 0.392. The van der Waals surface area contributed by atoms with Crippen LogP contribution in [0.15, 0.2) is 0 Å². The number of hydrogen-bond donors (Lipinski definition) is 2. The van der Waals surface area contributed by atoms with Crippen LogP contribution in [0.2, 0.25) is 0 Å². The lowest BCUT2D eigenvalue weighted by Crippen LogP contribution is -2.45. The number of hydrogen-bond acceptors (Lipinski definition) is 2. The molecule has 2 N–H and O–H groups in total. The Morgan fingerprint density at radius 3 is 2.36 bits per heavy atom. The first-order valence-corrected chi connectivity index (χ1v) is 4.96. The number of aliphatic carboxylic acids is 1. The van der Waals surface area contributed by atoms with Gasteiger partial charge in [0.05, 0.1) is 0 Å². The molecule has 1 atom stereocenters. The van der Waals surface area contributed by atoms with Gasteiger partial charge in [-0.3, -0.25) is 9.59 Å². The summed E-state index contributed by atoms with van der Waals surface area (Å²) in [6.07, 6.45) is 3.73. The number of carboxylic acids is 1. The highest BCUT2D eigenvalue weighted by molar-refractivity contribution is 6.01. The molecule has 80 valence electrons. The van der Waals surface area contributed by atoms with Crippen molar-refractivity contribution in [2.45, 2.75) is 32.6 Å².